The Kier molecular flexibility index (Phi) is 4.73. The maximum atomic E-state index is 11.9. The molecule has 2 N–H and O–H groups in total. The Hall–Kier alpha value is -0.620. The molecule has 0 aliphatic carbocycles. The molecule has 1 atom stereocenters. The fourth-order valence-corrected chi connectivity index (χ4v) is 3.10. The second kappa shape index (κ2) is 5.63. The topological polar surface area (TPSA) is 80.5 Å². The highest BCUT2D eigenvalue weighted by Crippen LogP contribution is 2.07. The molecule has 1 heterocycles. The van der Waals surface area contributed by atoms with Gasteiger partial charge in [0.05, 0.1) is 17.5 Å². The van der Waals surface area contributed by atoms with E-state index in [1.54, 1.807) is 4.90 Å². The first-order chi connectivity index (χ1) is 7.46. The fraction of sp³-hybridized carbons (Fsp3) is 0.900. The average Bonchev–Trinajstić information content (AvgIpc) is 2.39. The van der Waals surface area contributed by atoms with Gasteiger partial charge in [0, 0.05) is 13.1 Å². The van der Waals surface area contributed by atoms with Crippen LogP contribution in [0.25, 0.3) is 0 Å². The van der Waals surface area contributed by atoms with Crippen molar-refractivity contribution >= 4 is 15.7 Å². The van der Waals surface area contributed by atoms with Gasteiger partial charge < -0.3 is 10.6 Å². The number of sulfone groups is 1. The summed E-state index contributed by atoms with van der Waals surface area (Å²) in [5.74, 6) is 0.135. The summed E-state index contributed by atoms with van der Waals surface area (Å²) in [6.45, 7) is 2.77. The van der Waals surface area contributed by atoms with E-state index in [1.807, 2.05) is 6.92 Å². The second-order valence-electron chi connectivity index (χ2n) is 4.23. The van der Waals surface area contributed by atoms with Gasteiger partial charge in [-0.25, -0.2) is 8.42 Å². The van der Waals surface area contributed by atoms with E-state index in [2.05, 4.69) is 0 Å². The first-order valence-corrected chi connectivity index (χ1v) is 7.53. The quantitative estimate of drug-likeness (QED) is 0.747. The van der Waals surface area contributed by atoms with Crippen LogP contribution in [-0.2, 0) is 14.6 Å². The number of hydrogen-bond donors (Lipinski definition) is 1. The monoisotopic (exact) mass is 248 g/mol. The van der Waals surface area contributed by atoms with E-state index in [0.29, 0.717) is 25.9 Å². The minimum Gasteiger partial charge on any atom is -0.340 e. The number of rotatable bonds is 3. The molecule has 16 heavy (non-hydrogen) atoms. The molecule has 1 rings (SSSR count). The van der Waals surface area contributed by atoms with Crippen LogP contribution in [0.15, 0.2) is 0 Å². The van der Waals surface area contributed by atoms with E-state index in [0.717, 1.165) is 6.42 Å². The fourth-order valence-electron chi connectivity index (χ4n) is 1.83. The summed E-state index contributed by atoms with van der Waals surface area (Å²) in [6.07, 6.45) is 2.04. The highest BCUT2D eigenvalue weighted by molar-refractivity contribution is 7.91. The van der Waals surface area contributed by atoms with Gasteiger partial charge in [0.25, 0.3) is 0 Å². The highest BCUT2D eigenvalue weighted by Gasteiger charge is 2.25. The standard InChI is InChI=1S/C10H20N2O3S/c1-2-4-9(11)10(13)12-5-3-7-16(14,15)8-6-12/h9H,2-8,11H2,1H3/t9-/m0/s1. The van der Waals surface area contributed by atoms with Crippen molar-refractivity contribution in [3.8, 4) is 0 Å². The second-order valence-corrected chi connectivity index (χ2v) is 6.53. The van der Waals surface area contributed by atoms with Crippen molar-refractivity contribution in [2.24, 2.45) is 5.73 Å². The van der Waals surface area contributed by atoms with Crippen LogP contribution in [0.4, 0.5) is 0 Å². The summed E-state index contributed by atoms with van der Waals surface area (Å²) in [5.41, 5.74) is 5.74. The molecule has 1 aliphatic rings. The van der Waals surface area contributed by atoms with Crippen LogP contribution in [-0.4, -0.2) is 49.9 Å². The van der Waals surface area contributed by atoms with Gasteiger partial charge >= 0.3 is 0 Å². The van der Waals surface area contributed by atoms with Gasteiger partial charge in [-0.3, -0.25) is 4.79 Å². The van der Waals surface area contributed by atoms with Crippen LogP contribution >= 0.6 is 0 Å². The van der Waals surface area contributed by atoms with Crippen molar-refractivity contribution in [3.05, 3.63) is 0 Å². The van der Waals surface area contributed by atoms with Crippen LogP contribution in [0, 0.1) is 0 Å². The average molecular weight is 248 g/mol. The Morgan fingerprint density at radius 3 is 2.69 bits per heavy atom. The molecule has 0 unspecified atom stereocenters. The van der Waals surface area contributed by atoms with E-state index in [9.17, 15) is 13.2 Å². The molecule has 0 aromatic carbocycles. The van der Waals surface area contributed by atoms with E-state index in [4.69, 9.17) is 5.73 Å². The molecule has 94 valence electrons. The first kappa shape index (κ1) is 13.4. The number of nitrogens with zero attached hydrogens (tertiary/aromatic N) is 1. The predicted octanol–water partition coefficient (Wildman–Crippen LogP) is -0.239. The van der Waals surface area contributed by atoms with Crippen LogP contribution in [0.5, 0.6) is 0 Å². The molecule has 0 aromatic heterocycles. The van der Waals surface area contributed by atoms with Crippen molar-refractivity contribution in [2.45, 2.75) is 32.2 Å². The molecule has 0 aromatic rings. The Balaban J connectivity index is 2.58. The van der Waals surface area contributed by atoms with Gasteiger partial charge in [-0.2, -0.15) is 0 Å². The largest absolute Gasteiger partial charge is 0.340 e. The summed E-state index contributed by atoms with van der Waals surface area (Å²) in [6, 6.07) is -0.481. The lowest BCUT2D eigenvalue weighted by Crippen LogP contribution is -2.44. The molecule has 1 saturated heterocycles. The Morgan fingerprint density at radius 2 is 2.06 bits per heavy atom. The van der Waals surface area contributed by atoms with Gasteiger partial charge in [-0.15, -0.1) is 0 Å². The van der Waals surface area contributed by atoms with Crippen LogP contribution in [0.1, 0.15) is 26.2 Å². The Morgan fingerprint density at radius 1 is 1.38 bits per heavy atom. The normalized spacial score (nSPS) is 22.5. The number of amides is 1. The highest BCUT2D eigenvalue weighted by atomic mass is 32.2. The molecule has 6 heteroatoms. The third kappa shape index (κ3) is 3.75. The van der Waals surface area contributed by atoms with Crippen molar-refractivity contribution in [1.82, 2.24) is 4.90 Å². The Bertz CT molecular complexity index is 340. The summed E-state index contributed by atoms with van der Waals surface area (Å²) < 4.78 is 22.7. The molecular formula is C10H20N2O3S. The molecule has 0 bridgehead atoms. The van der Waals surface area contributed by atoms with E-state index in [-0.39, 0.29) is 17.4 Å². The maximum Gasteiger partial charge on any atom is 0.239 e. The Labute approximate surface area is 96.9 Å². The van der Waals surface area contributed by atoms with E-state index >= 15 is 0 Å². The zero-order chi connectivity index (χ0) is 12.2. The van der Waals surface area contributed by atoms with Crippen molar-refractivity contribution in [1.29, 1.82) is 0 Å². The molecule has 5 nitrogen and oxygen atoms in total. The van der Waals surface area contributed by atoms with E-state index < -0.39 is 15.9 Å². The van der Waals surface area contributed by atoms with Gasteiger partial charge in [0.1, 0.15) is 0 Å². The summed E-state index contributed by atoms with van der Waals surface area (Å²) in [7, 11) is -2.96. The van der Waals surface area contributed by atoms with Crippen molar-refractivity contribution in [2.75, 3.05) is 24.6 Å². The van der Waals surface area contributed by atoms with Crippen molar-refractivity contribution in [3.63, 3.8) is 0 Å². The number of nitrogens with two attached hydrogens (primary N) is 1. The van der Waals surface area contributed by atoms with Gasteiger partial charge in [0.2, 0.25) is 5.91 Å². The van der Waals surface area contributed by atoms with E-state index in [1.165, 1.54) is 0 Å². The van der Waals surface area contributed by atoms with Crippen LogP contribution in [0.3, 0.4) is 0 Å². The first-order valence-electron chi connectivity index (χ1n) is 5.71. The molecule has 0 saturated carbocycles. The molecule has 0 spiro atoms. The summed E-state index contributed by atoms with van der Waals surface area (Å²) in [5, 5.41) is 0. The molecule has 1 amide bonds. The predicted molar refractivity (Wildman–Crippen MR) is 62.7 cm³/mol. The SMILES string of the molecule is CCC[C@H](N)C(=O)N1CCCS(=O)(=O)CC1. The molecular weight excluding hydrogens is 228 g/mol. The molecule has 1 aliphatic heterocycles. The lowest BCUT2D eigenvalue weighted by atomic mass is 10.1. The zero-order valence-electron chi connectivity index (χ0n) is 9.68. The lowest BCUT2D eigenvalue weighted by molar-refractivity contribution is -0.132. The number of carbonyl (C=O) groups excluding carboxylic acids is 1. The summed E-state index contributed by atoms with van der Waals surface area (Å²) >= 11 is 0. The zero-order valence-corrected chi connectivity index (χ0v) is 10.5. The number of hydrogen-bond acceptors (Lipinski definition) is 4. The van der Waals surface area contributed by atoms with Crippen molar-refractivity contribution < 1.29 is 13.2 Å². The molecule has 0 radical (unpaired) electrons. The maximum absolute atomic E-state index is 11.9. The smallest absolute Gasteiger partial charge is 0.239 e. The summed E-state index contributed by atoms with van der Waals surface area (Å²) in [4.78, 5) is 13.4. The number of carbonyl (C=O) groups is 1. The van der Waals surface area contributed by atoms with Gasteiger partial charge in [0.15, 0.2) is 9.84 Å². The third-order valence-corrected chi connectivity index (χ3v) is 4.50. The molecule has 1 fully saturated rings. The van der Waals surface area contributed by atoms with Crippen LogP contribution in [0.2, 0.25) is 0 Å². The lowest BCUT2D eigenvalue weighted by Gasteiger charge is -2.23. The van der Waals surface area contributed by atoms with Gasteiger partial charge in [-0.05, 0) is 12.8 Å². The third-order valence-electron chi connectivity index (χ3n) is 2.78. The minimum absolute atomic E-state index is 0.0670. The van der Waals surface area contributed by atoms with Gasteiger partial charge in [-0.1, -0.05) is 13.3 Å². The minimum atomic E-state index is -2.96. The van der Waals surface area contributed by atoms with Crippen LogP contribution < -0.4 is 5.73 Å².